The molecule has 41 heavy (non-hydrogen) atoms. The lowest BCUT2D eigenvalue weighted by molar-refractivity contribution is -0.127. The average molecular weight is 605 g/mol. The number of likely N-dealkylation sites (tertiary alicyclic amines) is 1. The van der Waals surface area contributed by atoms with Gasteiger partial charge in [0.2, 0.25) is 15.9 Å². The van der Waals surface area contributed by atoms with E-state index in [0.717, 1.165) is 40.2 Å². The van der Waals surface area contributed by atoms with Gasteiger partial charge >= 0.3 is 0 Å². The molecule has 1 amide bonds. The van der Waals surface area contributed by atoms with Gasteiger partial charge in [-0.3, -0.25) is 9.69 Å². The number of rotatable bonds is 3. The third-order valence-electron chi connectivity index (χ3n) is 8.82. The molecule has 12 heteroatoms. The average Bonchev–Trinajstić information content (AvgIpc) is 3.38. The number of ether oxygens (including phenoxy) is 2. The number of nitrogens with one attached hydrogen (secondary N) is 1. The van der Waals surface area contributed by atoms with E-state index in [0.29, 0.717) is 45.6 Å². The molecule has 222 valence electrons. The van der Waals surface area contributed by atoms with Crippen molar-refractivity contribution >= 4 is 33.2 Å². The monoisotopic (exact) mass is 604 g/mol. The van der Waals surface area contributed by atoms with Crippen molar-refractivity contribution in [2.45, 2.75) is 54.8 Å². The number of sulfonamides is 1. The Labute approximate surface area is 246 Å². The highest BCUT2D eigenvalue weighted by Gasteiger charge is 2.47. The Bertz CT molecular complexity index is 1380. The largest absolute Gasteiger partial charge is 0.492 e. The van der Waals surface area contributed by atoms with E-state index in [1.54, 1.807) is 18.2 Å². The van der Waals surface area contributed by atoms with Crippen molar-refractivity contribution in [1.82, 2.24) is 14.5 Å². The number of nitrogens with zero attached hydrogens (tertiary/aromatic N) is 3. The fourth-order valence-corrected chi connectivity index (χ4v) is 8.35. The zero-order valence-electron chi connectivity index (χ0n) is 23.0. The molecule has 0 aliphatic carbocycles. The van der Waals surface area contributed by atoms with Crippen molar-refractivity contribution in [2.24, 2.45) is 0 Å². The lowest BCUT2D eigenvalue weighted by atomic mass is 9.84. The molecule has 0 radical (unpaired) electrons. The zero-order valence-corrected chi connectivity index (χ0v) is 24.6. The van der Waals surface area contributed by atoms with E-state index < -0.39 is 27.7 Å². The van der Waals surface area contributed by atoms with Crippen LogP contribution in [-0.4, -0.2) is 98.9 Å². The van der Waals surface area contributed by atoms with E-state index in [-0.39, 0.29) is 36.1 Å². The van der Waals surface area contributed by atoms with Gasteiger partial charge in [-0.25, -0.2) is 8.42 Å². The number of amides is 1. The number of anilines is 1. The van der Waals surface area contributed by atoms with Gasteiger partial charge in [0, 0.05) is 74.4 Å². The molecule has 3 fully saturated rings. The first kappa shape index (κ1) is 28.7. The SMILES string of the molecule is O=C1NC2(CCOc3cc(N4CCOCC4)ccc3S(=O)(=O)N3C[C@H](O)C[C@@H]13)CCN(Cc1ccccc1Cl)CC2. The maximum Gasteiger partial charge on any atom is 0.247 e. The molecule has 0 unspecified atom stereocenters. The minimum Gasteiger partial charge on any atom is -0.492 e. The smallest absolute Gasteiger partial charge is 0.247 e. The van der Waals surface area contributed by atoms with E-state index in [4.69, 9.17) is 21.1 Å². The summed E-state index contributed by atoms with van der Waals surface area (Å²) in [5.41, 5.74) is 1.38. The predicted molar refractivity (Wildman–Crippen MR) is 155 cm³/mol. The Hall–Kier alpha value is -2.41. The number of halogens is 1. The number of benzene rings is 2. The van der Waals surface area contributed by atoms with Gasteiger partial charge in [0.1, 0.15) is 16.7 Å². The Morgan fingerprint density at radius 1 is 1.02 bits per heavy atom. The van der Waals surface area contributed by atoms with E-state index in [2.05, 4.69) is 15.1 Å². The Morgan fingerprint density at radius 2 is 1.78 bits per heavy atom. The molecule has 2 aromatic carbocycles. The first-order valence-corrected chi connectivity index (χ1v) is 16.1. The molecular weight excluding hydrogens is 568 g/mol. The van der Waals surface area contributed by atoms with Crippen LogP contribution >= 0.6 is 11.6 Å². The minimum atomic E-state index is -4.11. The Balaban J connectivity index is 1.28. The fraction of sp³-hybridized carbons (Fsp3) is 0.552. The molecule has 2 N–H and O–H groups in total. The van der Waals surface area contributed by atoms with Crippen molar-refractivity contribution in [3.05, 3.63) is 53.1 Å². The van der Waals surface area contributed by atoms with Crippen LogP contribution < -0.4 is 15.0 Å². The van der Waals surface area contributed by atoms with Crippen LogP contribution in [0.1, 0.15) is 31.2 Å². The van der Waals surface area contributed by atoms with Crippen molar-refractivity contribution in [3.63, 3.8) is 0 Å². The van der Waals surface area contributed by atoms with Gasteiger partial charge in [-0.05, 0) is 36.6 Å². The van der Waals surface area contributed by atoms with Crippen LogP contribution in [0.3, 0.4) is 0 Å². The van der Waals surface area contributed by atoms with E-state index >= 15 is 0 Å². The lowest BCUT2D eigenvalue weighted by Crippen LogP contribution is -2.59. The van der Waals surface area contributed by atoms with E-state index in [1.165, 1.54) is 0 Å². The third kappa shape index (κ3) is 5.93. The first-order valence-electron chi connectivity index (χ1n) is 14.3. The summed E-state index contributed by atoms with van der Waals surface area (Å²) in [6.07, 6.45) is 1.05. The Morgan fingerprint density at radius 3 is 2.54 bits per heavy atom. The van der Waals surface area contributed by atoms with E-state index in [9.17, 15) is 18.3 Å². The summed E-state index contributed by atoms with van der Waals surface area (Å²) >= 11 is 6.40. The summed E-state index contributed by atoms with van der Waals surface area (Å²) in [5, 5.41) is 14.5. The second kappa shape index (κ2) is 11.7. The Kier molecular flexibility index (Phi) is 8.19. The zero-order chi connectivity index (χ0) is 28.6. The van der Waals surface area contributed by atoms with Gasteiger partial charge < -0.3 is 24.8 Å². The molecule has 2 aromatic rings. The maximum atomic E-state index is 13.9. The molecule has 10 nitrogen and oxygen atoms in total. The molecule has 0 saturated carbocycles. The van der Waals surface area contributed by atoms with E-state index in [1.807, 2.05) is 24.3 Å². The second-order valence-electron chi connectivity index (χ2n) is 11.4. The highest BCUT2D eigenvalue weighted by Crippen LogP contribution is 2.37. The summed E-state index contributed by atoms with van der Waals surface area (Å²) in [4.78, 5) is 18.2. The van der Waals surface area contributed by atoms with Crippen LogP contribution in [0.15, 0.2) is 47.4 Å². The number of morpholine rings is 1. The molecule has 4 aliphatic rings. The number of aliphatic hydroxyl groups excluding tert-OH is 1. The van der Waals surface area contributed by atoms with Crippen molar-refractivity contribution in [1.29, 1.82) is 0 Å². The van der Waals surface area contributed by atoms with Crippen LogP contribution in [-0.2, 0) is 26.1 Å². The van der Waals surface area contributed by atoms with Crippen LogP contribution in [0.5, 0.6) is 5.75 Å². The highest BCUT2D eigenvalue weighted by molar-refractivity contribution is 7.89. The van der Waals surface area contributed by atoms with Gasteiger partial charge in [0.15, 0.2) is 0 Å². The van der Waals surface area contributed by atoms with Crippen molar-refractivity contribution in [2.75, 3.05) is 57.4 Å². The number of fused-ring (bicyclic) bond motifs is 2. The summed E-state index contributed by atoms with van der Waals surface area (Å²) in [5.74, 6) is -0.0900. The highest BCUT2D eigenvalue weighted by atomic mass is 35.5. The van der Waals surface area contributed by atoms with Crippen LogP contribution in [0.2, 0.25) is 5.02 Å². The number of hydrogen-bond donors (Lipinski definition) is 2. The van der Waals surface area contributed by atoms with Crippen LogP contribution in [0.4, 0.5) is 5.69 Å². The lowest BCUT2D eigenvalue weighted by Gasteiger charge is -2.43. The standard InChI is InChI=1S/C29H37ClN4O6S/c30-24-4-2-1-3-21(24)19-32-10-7-29(8-11-32)9-14-40-26-17-22(33-12-15-39-16-13-33)5-6-27(26)41(37,38)34-20-23(35)18-25(34)28(36)31-29/h1-6,17,23,25,35H,7-16,18-20H2,(H,31,36)/t23-,25+/m1/s1. The molecule has 1 spiro atoms. The topological polar surface area (TPSA) is 112 Å². The van der Waals surface area contributed by atoms with Crippen molar-refractivity contribution in [3.8, 4) is 5.75 Å². The van der Waals surface area contributed by atoms with Gasteiger partial charge in [0.25, 0.3) is 0 Å². The molecule has 4 heterocycles. The number of carbonyl (C=O) groups is 1. The molecule has 0 aromatic heterocycles. The molecule has 2 atom stereocenters. The first-order chi connectivity index (χ1) is 19.7. The fourth-order valence-electron chi connectivity index (χ4n) is 6.40. The van der Waals surface area contributed by atoms with Gasteiger partial charge in [-0.2, -0.15) is 4.31 Å². The summed E-state index contributed by atoms with van der Waals surface area (Å²) in [6.45, 7) is 4.96. The summed E-state index contributed by atoms with van der Waals surface area (Å²) in [7, 11) is -4.11. The van der Waals surface area contributed by atoms with Crippen LogP contribution in [0, 0.1) is 0 Å². The molecular formula is C29H37ClN4O6S. The predicted octanol–water partition coefficient (Wildman–Crippen LogP) is 2.23. The second-order valence-corrected chi connectivity index (χ2v) is 13.7. The number of aliphatic hydroxyl groups is 1. The third-order valence-corrected chi connectivity index (χ3v) is 11.1. The quantitative estimate of drug-likeness (QED) is 0.549. The van der Waals surface area contributed by atoms with Gasteiger partial charge in [0.05, 0.1) is 25.9 Å². The summed E-state index contributed by atoms with van der Waals surface area (Å²) < 4.78 is 40.7. The molecule has 3 saturated heterocycles. The van der Waals surface area contributed by atoms with Crippen LogP contribution in [0.25, 0.3) is 0 Å². The van der Waals surface area contributed by atoms with Gasteiger partial charge in [-0.1, -0.05) is 29.8 Å². The molecule has 0 bridgehead atoms. The normalized spacial score (nSPS) is 26.9. The maximum absolute atomic E-state index is 13.9. The number of hydrogen-bond acceptors (Lipinski definition) is 8. The summed E-state index contributed by atoms with van der Waals surface area (Å²) in [6, 6.07) is 12.0. The molecule has 4 aliphatic heterocycles. The minimum absolute atomic E-state index is 0.0203. The number of carbonyl (C=O) groups excluding carboxylic acids is 1. The van der Waals surface area contributed by atoms with Crippen molar-refractivity contribution < 1.29 is 27.8 Å². The molecule has 6 rings (SSSR count). The van der Waals surface area contributed by atoms with Gasteiger partial charge in [-0.15, -0.1) is 0 Å². The number of piperidine rings is 1.